The van der Waals surface area contributed by atoms with E-state index in [1.54, 1.807) is 0 Å². The van der Waals surface area contributed by atoms with E-state index in [0.29, 0.717) is 12.0 Å². The van der Waals surface area contributed by atoms with E-state index in [2.05, 4.69) is 30.7 Å². The fourth-order valence-corrected chi connectivity index (χ4v) is 1.23. The first-order valence-corrected chi connectivity index (χ1v) is 4.50. The molecule has 0 spiro atoms. The van der Waals surface area contributed by atoms with E-state index in [-0.39, 0.29) is 16.3 Å². The van der Waals surface area contributed by atoms with E-state index in [4.69, 9.17) is 11.6 Å². The van der Waals surface area contributed by atoms with E-state index >= 15 is 0 Å². The molecule has 1 N–H and O–H groups in total. The van der Waals surface area contributed by atoms with Crippen molar-refractivity contribution in [2.75, 3.05) is 0 Å². The maximum absolute atomic E-state index is 11.3. The number of H-pyrrole nitrogens is 1. The van der Waals surface area contributed by atoms with Gasteiger partial charge >= 0.3 is 0 Å². The summed E-state index contributed by atoms with van der Waals surface area (Å²) < 4.78 is 0. The van der Waals surface area contributed by atoms with E-state index in [1.165, 1.54) is 6.20 Å². The molecule has 0 aliphatic heterocycles. The van der Waals surface area contributed by atoms with Crippen LogP contribution in [0.4, 0.5) is 0 Å². The Bertz CT molecular complexity index is 351. The van der Waals surface area contributed by atoms with Crippen molar-refractivity contribution in [3.63, 3.8) is 0 Å². The molecule has 0 aromatic carbocycles. The first-order chi connectivity index (χ1) is 5.88. The van der Waals surface area contributed by atoms with Gasteiger partial charge in [0.25, 0.3) is 5.56 Å². The lowest BCUT2D eigenvalue weighted by molar-refractivity contribution is 0.408. The van der Waals surface area contributed by atoms with Crippen LogP contribution in [0, 0.1) is 5.41 Å². The second-order valence-corrected chi connectivity index (χ2v) is 4.62. The second-order valence-electron chi connectivity index (χ2n) is 4.27. The fraction of sp³-hybridized carbons (Fsp3) is 0.556. The monoisotopic (exact) mass is 200 g/mol. The van der Waals surface area contributed by atoms with Gasteiger partial charge in [0, 0.05) is 11.8 Å². The predicted molar refractivity (Wildman–Crippen MR) is 53.0 cm³/mol. The molecule has 0 unspecified atom stereocenters. The van der Waals surface area contributed by atoms with Crippen molar-refractivity contribution < 1.29 is 0 Å². The molecule has 0 saturated carbocycles. The molecule has 1 rings (SSSR count). The average molecular weight is 201 g/mol. The molecule has 0 atom stereocenters. The number of hydrogen-bond acceptors (Lipinski definition) is 2. The van der Waals surface area contributed by atoms with Crippen LogP contribution in [-0.4, -0.2) is 9.97 Å². The second kappa shape index (κ2) is 3.50. The minimum Gasteiger partial charge on any atom is -0.297 e. The normalized spacial score (nSPS) is 11.7. The third-order valence-electron chi connectivity index (χ3n) is 1.56. The molecule has 0 bridgehead atoms. The minimum atomic E-state index is -0.144. The number of nitrogens with one attached hydrogen (secondary N) is 1. The smallest absolute Gasteiger partial charge is 0.254 e. The van der Waals surface area contributed by atoms with Crippen LogP contribution in [0.2, 0.25) is 5.28 Å². The van der Waals surface area contributed by atoms with Crippen LogP contribution in [0.25, 0.3) is 0 Å². The van der Waals surface area contributed by atoms with Gasteiger partial charge in [-0.25, -0.2) is 4.98 Å². The zero-order valence-electron chi connectivity index (χ0n) is 8.02. The highest BCUT2D eigenvalue weighted by molar-refractivity contribution is 6.28. The maximum atomic E-state index is 11.3. The first kappa shape index (κ1) is 10.3. The molecule has 13 heavy (non-hydrogen) atoms. The highest BCUT2D eigenvalue weighted by Gasteiger charge is 2.13. The van der Waals surface area contributed by atoms with Gasteiger partial charge in [0.1, 0.15) is 0 Å². The Labute approximate surface area is 82.2 Å². The lowest BCUT2D eigenvalue weighted by atomic mass is 9.89. The third-order valence-corrected chi connectivity index (χ3v) is 1.75. The first-order valence-electron chi connectivity index (χ1n) is 4.12. The molecular formula is C9H13ClN2O. The Morgan fingerprint density at radius 2 is 2.15 bits per heavy atom. The molecule has 1 aromatic rings. The Morgan fingerprint density at radius 1 is 1.54 bits per heavy atom. The van der Waals surface area contributed by atoms with Gasteiger partial charge in [-0.05, 0) is 23.4 Å². The molecule has 0 fully saturated rings. The van der Waals surface area contributed by atoms with Crippen LogP contribution >= 0.6 is 11.6 Å². The zero-order valence-corrected chi connectivity index (χ0v) is 8.77. The third kappa shape index (κ3) is 3.19. The fourth-order valence-electron chi connectivity index (χ4n) is 1.10. The van der Waals surface area contributed by atoms with Gasteiger partial charge in [-0.15, -0.1) is 0 Å². The molecule has 0 aliphatic rings. The summed E-state index contributed by atoms with van der Waals surface area (Å²) in [6.07, 6.45) is 2.24. The van der Waals surface area contributed by atoms with E-state index < -0.39 is 0 Å². The summed E-state index contributed by atoms with van der Waals surface area (Å²) >= 11 is 5.52. The van der Waals surface area contributed by atoms with E-state index in [1.807, 2.05) is 0 Å². The standard InChI is InChI=1S/C9H13ClN2O/c1-9(2,3)4-6-5-11-8(10)12-7(6)13/h5H,4H2,1-3H3,(H,11,12,13). The molecule has 0 amide bonds. The predicted octanol–water partition coefficient (Wildman–Crippen LogP) is 2.01. The summed E-state index contributed by atoms with van der Waals surface area (Å²) in [4.78, 5) is 17.6. The van der Waals surface area contributed by atoms with Crippen molar-refractivity contribution in [1.29, 1.82) is 0 Å². The largest absolute Gasteiger partial charge is 0.297 e. The van der Waals surface area contributed by atoms with E-state index in [9.17, 15) is 4.79 Å². The zero-order chi connectivity index (χ0) is 10.1. The summed E-state index contributed by atoms with van der Waals surface area (Å²) in [5, 5.41) is 0.141. The highest BCUT2D eigenvalue weighted by Crippen LogP contribution is 2.17. The summed E-state index contributed by atoms with van der Waals surface area (Å²) in [6, 6.07) is 0. The number of aromatic amines is 1. The maximum Gasteiger partial charge on any atom is 0.254 e. The number of rotatable bonds is 1. The van der Waals surface area contributed by atoms with Crippen LogP contribution in [0.5, 0.6) is 0 Å². The van der Waals surface area contributed by atoms with Crippen molar-refractivity contribution in [1.82, 2.24) is 9.97 Å². The lowest BCUT2D eigenvalue weighted by Crippen LogP contribution is -2.19. The van der Waals surface area contributed by atoms with Gasteiger partial charge in [0.15, 0.2) is 0 Å². The Balaban J connectivity index is 2.98. The van der Waals surface area contributed by atoms with Crippen molar-refractivity contribution in [2.24, 2.45) is 5.41 Å². The number of halogens is 1. The molecule has 1 heterocycles. The summed E-state index contributed by atoms with van der Waals surface area (Å²) in [6.45, 7) is 6.21. The number of hydrogen-bond donors (Lipinski definition) is 1. The van der Waals surface area contributed by atoms with E-state index in [0.717, 1.165) is 0 Å². The van der Waals surface area contributed by atoms with Gasteiger partial charge < -0.3 is 0 Å². The molecule has 0 aliphatic carbocycles. The topological polar surface area (TPSA) is 45.8 Å². The van der Waals surface area contributed by atoms with Gasteiger partial charge in [0.05, 0.1) is 0 Å². The lowest BCUT2D eigenvalue weighted by Gasteiger charge is -2.16. The molecule has 72 valence electrons. The average Bonchev–Trinajstić information content (AvgIpc) is 1.93. The molecule has 3 nitrogen and oxygen atoms in total. The van der Waals surface area contributed by atoms with Gasteiger partial charge in [-0.3, -0.25) is 9.78 Å². The minimum absolute atomic E-state index is 0.0858. The molecular weight excluding hydrogens is 188 g/mol. The van der Waals surface area contributed by atoms with Crippen LogP contribution in [0.15, 0.2) is 11.0 Å². The van der Waals surface area contributed by atoms with Crippen molar-refractivity contribution >= 4 is 11.6 Å². The Hall–Kier alpha value is -0.830. The summed E-state index contributed by atoms with van der Waals surface area (Å²) in [7, 11) is 0. The Morgan fingerprint density at radius 3 is 2.62 bits per heavy atom. The number of aromatic nitrogens is 2. The number of nitrogens with zero attached hydrogens (tertiary/aromatic N) is 1. The van der Waals surface area contributed by atoms with Gasteiger partial charge in [-0.2, -0.15) is 0 Å². The molecule has 0 saturated heterocycles. The van der Waals surface area contributed by atoms with Crippen molar-refractivity contribution in [3.8, 4) is 0 Å². The van der Waals surface area contributed by atoms with Crippen LogP contribution in [-0.2, 0) is 6.42 Å². The summed E-state index contributed by atoms with van der Waals surface area (Å²) in [5.41, 5.74) is 0.620. The SMILES string of the molecule is CC(C)(C)Cc1cnc(Cl)[nH]c1=O. The van der Waals surface area contributed by atoms with Crippen molar-refractivity contribution in [2.45, 2.75) is 27.2 Å². The summed E-state index contributed by atoms with van der Waals surface area (Å²) in [5.74, 6) is 0. The van der Waals surface area contributed by atoms with Gasteiger partial charge in [0.2, 0.25) is 5.28 Å². The van der Waals surface area contributed by atoms with Crippen molar-refractivity contribution in [3.05, 3.63) is 27.4 Å². The van der Waals surface area contributed by atoms with Crippen LogP contribution < -0.4 is 5.56 Å². The molecule has 4 heteroatoms. The van der Waals surface area contributed by atoms with Crippen LogP contribution in [0.3, 0.4) is 0 Å². The van der Waals surface area contributed by atoms with Gasteiger partial charge in [-0.1, -0.05) is 20.8 Å². The quantitative estimate of drug-likeness (QED) is 0.705. The van der Waals surface area contributed by atoms with Crippen LogP contribution in [0.1, 0.15) is 26.3 Å². The molecule has 0 radical (unpaired) electrons. The highest BCUT2D eigenvalue weighted by atomic mass is 35.5. The Kier molecular flexibility index (Phi) is 2.76. The molecule has 1 aromatic heterocycles.